The molecule has 7 heteroatoms. The number of benzene rings is 1. The van der Waals surface area contributed by atoms with Crippen LogP contribution in [0.3, 0.4) is 0 Å². The molecule has 0 saturated carbocycles. The van der Waals surface area contributed by atoms with Gasteiger partial charge >= 0.3 is 0 Å². The van der Waals surface area contributed by atoms with Gasteiger partial charge in [-0.2, -0.15) is 5.10 Å². The van der Waals surface area contributed by atoms with Gasteiger partial charge in [0, 0.05) is 10.9 Å². The number of nitrogens with one attached hydrogen (secondary N) is 2. The lowest BCUT2D eigenvalue weighted by Crippen LogP contribution is -1.97. The summed E-state index contributed by atoms with van der Waals surface area (Å²) in [6, 6.07) is 5.69. The molecule has 6 nitrogen and oxygen atoms in total. The molecule has 2 aromatic heterocycles. The van der Waals surface area contributed by atoms with Gasteiger partial charge in [-0.05, 0) is 12.1 Å². The molecule has 6 N–H and O–H groups in total. The molecule has 0 bridgehead atoms. The van der Waals surface area contributed by atoms with Crippen LogP contribution in [0.1, 0.15) is 5.82 Å². The lowest BCUT2D eigenvalue weighted by Gasteiger charge is -1.98. The molecule has 0 unspecified atom stereocenters. The van der Waals surface area contributed by atoms with Crippen LogP contribution in [0.5, 0.6) is 0 Å². The fourth-order valence-electron chi connectivity index (χ4n) is 1.87. The Hall–Kier alpha value is -2.05. The Morgan fingerprint density at radius 2 is 2.17 bits per heavy atom. The number of H-pyrrole nitrogens is 2. The van der Waals surface area contributed by atoms with Gasteiger partial charge in [0.1, 0.15) is 16.7 Å². The molecular formula is C11H11ClN6. The summed E-state index contributed by atoms with van der Waals surface area (Å²) in [5.41, 5.74) is 13.6. The fourth-order valence-corrected chi connectivity index (χ4v) is 2.13. The number of aromatic amines is 2. The van der Waals surface area contributed by atoms with E-state index in [4.69, 9.17) is 23.1 Å². The third-order valence-corrected chi connectivity index (χ3v) is 3.04. The van der Waals surface area contributed by atoms with Crippen molar-refractivity contribution in [2.45, 2.75) is 6.54 Å². The molecule has 0 spiro atoms. The monoisotopic (exact) mass is 262 g/mol. The highest BCUT2D eigenvalue weighted by Gasteiger charge is 2.11. The normalized spacial score (nSPS) is 11.2. The second kappa shape index (κ2) is 4.01. The van der Waals surface area contributed by atoms with E-state index in [1.165, 1.54) is 0 Å². The maximum Gasteiger partial charge on any atom is 0.153 e. The van der Waals surface area contributed by atoms with Crippen LogP contribution >= 0.6 is 11.6 Å². The maximum absolute atomic E-state index is 6.09. The van der Waals surface area contributed by atoms with Crippen LogP contribution in [0.15, 0.2) is 18.2 Å². The Morgan fingerprint density at radius 3 is 2.89 bits per heavy atom. The average Bonchev–Trinajstić information content (AvgIpc) is 2.93. The van der Waals surface area contributed by atoms with Crippen molar-refractivity contribution in [3.8, 4) is 11.3 Å². The molecule has 0 atom stereocenters. The van der Waals surface area contributed by atoms with Crippen molar-refractivity contribution in [2.24, 2.45) is 5.73 Å². The zero-order valence-corrected chi connectivity index (χ0v) is 10.1. The van der Waals surface area contributed by atoms with E-state index < -0.39 is 0 Å². The van der Waals surface area contributed by atoms with Crippen LogP contribution in [0.4, 0.5) is 5.82 Å². The van der Waals surface area contributed by atoms with Gasteiger partial charge in [-0.3, -0.25) is 5.10 Å². The van der Waals surface area contributed by atoms with Crippen LogP contribution < -0.4 is 11.5 Å². The molecule has 0 fully saturated rings. The molecule has 2 heterocycles. The molecule has 1 aromatic carbocycles. The minimum Gasteiger partial charge on any atom is -0.382 e. The predicted molar refractivity (Wildman–Crippen MR) is 71.0 cm³/mol. The van der Waals surface area contributed by atoms with Gasteiger partial charge in [0.25, 0.3) is 0 Å². The molecular weight excluding hydrogens is 252 g/mol. The summed E-state index contributed by atoms with van der Waals surface area (Å²) < 4.78 is 0. The summed E-state index contributed by atoms with van der Waals surface area (Å²) in [6.45, 7) is 0.318. The minimum absolute atomic E-state index is 0.318. The quantitative estimate of drug-likeness (QED) is 0.563. The van der Waals surface area contributed by atoms with Gasteiger partial charge in [0.05, 0.1) is 12.1 Å². The van der Waals surface area contributed by atoms with E-state index in [0.717, 1.165) is 16.5 Å². The van der Waals surface area contributed by atoms with Crippen molar-refractivity contribution in [1.29, 1.82) is 0 Å². The number of hydrogen-bond acceptors (Lipinski definition) is 4. The van der Waals surface area contributed by atoms with Gasteiger partial charge in [0.15, 0.2) is 5.82 Å². The molecule has 3 aromatic rings. The summed E-state index contributed by atoms with van der Waals surface area (Å²) in [6.07, 6.45) is 0. The van der Waals surface area contributed by atoms with Crippen molar-refractivity contribution in [2.75, 3.05) is 5.73 Å². The molecule has 0 radical (unpaired) electrons. The van der Waals surface area contributed by atoms with Crippen LogP contribution in [0.2, 0.25) is 5.15 Å². The lowest BCUT2D eigenvalue weighted by atomic mass is 10.1. The number of nitrogen functional groups attached to an aromatic ring is 1. The fraction of sp³-hybridized carbons (Fsp3) is 0.0909. The van der Waals surface area contributed by atoms with E-state index in [0.29, 0.717) is 29.0 Å². The number of imidazole rings is 1. The highest BCUT2D eigenvalue weighted by Crippen LogP contribution is 2.29. The number of nitrogens with two attached hydrogens (primary N) is 2. The molecule has 0 aliphatic rings. The van der Waals surface area contributed by atoms with Gasteiger partial charge in [-0.15, -0.1) is 0 Å². The Balaban J connectivity index is 2.15. The topological polar surface area (TPSA) is 109 Å². The van der Waals surface area contributed by atoms with E-state index in [9.17, 15) is 0 Å². The smallest absolute Gasteiger partial charge is 0.153 e. The van der Waals surface area contributed by atoms with Gasteiger partial charge in [0.2, 0.25) is 0 Å². The largest absolute Gasteiger partial charge is 0.382 e. The summed E-state index contributed by atoms with van der Waals surface area (Å²) >= 11 is 6.09. The zero-order valence-electron chi connectivity index (χ0n) is 9.37. The van der Waals surface area contributed by atoms with Crippen molar-refractivity contribution in [3.63, 3.8) is 0 Å². The van der Waals surface area contributed by atoms with Crippen LogP contribution in [-0.2, 0) is 6.54 Å². The Kier molecular flexibility index (Phi) is 2.46. The number of nitrogens with zero attached hydrogens (tertiary/aromatic N) is 2. The Morgan fingerprint density at radius 1 is 1.33 bits per heavy atom. The Bertz CT molecular complexity index is 713. The first-order valence-corrected chi connectivity index (χ1v) is 5.75. The first-order chi connectivity index (χ1) is 8.69. The Labute approximate surface area is 107 Å². The molecule has 18 heavy (non-hydrogen) atoms. The van der Waals surface area contributed by atoms with E-state index in [1.807, 2.05) is 18.2 Å². The highest BCUT2D eigenvalue weighted by atomic mass is 35.5. The number of rotatable bonds is 2. The number of hydrogen-bond donors (Lipinski definition) is 4. The first kappa shape index (κ1) is 11.1. The summed E-state index contributed by atoms with van der Waals surface area (Å²) in [7, 11) is 0. The maximum atomic E-state index is 6.09. The molecule has 3 rings (SSSR count). The standard InChI is InChI=1S/C11H11ClN6/c12-10-9(15-8(4-13)16-10)5-1-2-6-7(3-5)17-18-11(6)14/h1-3H,4,13H2,(H,15,16)(H3,14,17,18). The van der Waals surface area contributed by atoms with E-state index in [2.05, 4.69) is 20.2 Å². The molecule has 0 aliphatic carbocycles. The first-order valence-electron chi connectivity index (χ1n) is 5.37. The van der Waals surface area contributed by atoms with E-state index in [1.54, 1.807) is 0 Å². The number of fused-ring (bicyclic) bond motifs is 1. The van der Waals surface area contributed by atoms with Crippen LogP contribution in [0, 0.1) is 0 Å². The summed E-state index contributed by atoms with van der Waals surface area (Å²) in [4.78, 5) is 7.26. The van der Waals surface area contributed by atoms with Crippen molar-refractivity contribution >= 4 is 28.3 Å². The minimum atomic E-state index is 0.318. The number of halogens is 1. The number of anilines is 1. The van der Waals surface area contributed by atoms with Gasteiger partial charge in [-0.25, -0.2) is 4.98 Å². The third-order valence-electron chi connectivity index (χ3n) is 2.77. The van der Waals surface area contributed by atoms with Gasteiger partial charge in [-0.1, -0.05) is 17.7 Å². The zero-order chi connectivity index (χ0) is 12.7. The van der Waals surface area contributed by atoms with Crippen molar-refractivity contribution in [1.82, 2.24) is 20.2 Å². The summed E-state index contributed by atoms with van der Waals surface area (Å²) in [5, 5.41) is 8.16. The van der Waals surface area contributed by atoms with E-state index >= 15 is 0 Å². The lowest BCUT2D eigenvalue weighted by molar-refractivity contribution is 0.951. The van der Waals surface area contributed by atoms with Crippen LogP contribution in [0.25, 0.3) is 22.2 Å². The van der Waals surface area contributed by atoms with E-state index in [-0.39, 0.29) is 0 Å². The number of aromatic nitrogens is 4. The van der Waals surface area contributed by atoms with Crippen molar-refractivity contribution in [3.05, 3.63) is 29.2 Å². The van der Waals surface area contributed by atoms with Crippen LogP contribution in [-0.4, -0.2) is 20.2 Å². The molecule has 92 valence electrons. The van der Waals surface area contributed by atoms with Gasteiger partial charge < -0.3 is 16.5 Å². The molecule has 0 saturated heterocycles. The second-order valence-corrected chi connectivity index (χ2v) is 4.30. The molecule has 0 amide bonds. The van der Waals surface area contributed by atoms with Crippen molar-refractivity contribution < 1.29 is 0 Å². The second-order valence-electron chi connectivity index (χ2n) is 3.92. The average molecular weight is 263 g/mol. The summed E-state index contributed by atoms with van der Waals surface area (Å²) in [5.74, 6) is 1.13. The molecule has 0 aliphatic heterocycles. The SMILES string of the molecule is NCc1nc(-c2ccc3c(N)n[nH]c3c2)c(Cl)[nH]1. The highest BCUT2D eigenvalue weighted by molar-refractivity contribution is 6.32. The predicted octanol–water partition coefficient (Wildman–Crippen LogP) is 1.65. The third kappa shape index (κ3) is 1.62.